The van der Waals surface area contributed by atoms with E-state index in [2.05, 4.69) is 15.1 Å². The van der Waals surface area contributed by atoms with E-state index < -0.39 is 0 Å². The fraction of sp³-hybridized carbons (Fsp3) is 0.333. The van der Waals surface area contributed by atoms with Crippen molar-refractivity contribution in [2.24, 2.45) is 0 Å². The number of rotatable bonds is 2. The first-order chi connectivity index (χ1) is 11.2. The molecule has 0 amide bonds. The van der Waals surface area contributed by atoms with Crippen LogP contribution >= 0.6 is 0 Å². The molecule has 23 heavy (non-hydrogen) atoms. The van der Waals surface area contributed by atoms with Crippen LogP contribution < -0.4 is 15.1 Å². The summed E-state index contributed by atoms with van der Waals surface area (Å²) < 4.78 is 27.0. The highest BCUT2D eigenvalue weighted by Crippen LogP contribution is 2.39. The third-order valence-corrected chi connectivity index (χ3v) is 4.72. The summed E-state index contributed by atoms with van der Waals surface area (Å²) in [6.07, 6.45) is 1.10. The van der Waals surface area contributed by atoms with Gasteiger partial charge < -0.3 is 15.1 Å². The molecule has 1 N–H and O–H groups in total. The predicted molar refractivity (Wildman–Crippen MR) is 88.4 cm³/mol. The van der Waals surface area contributed by atoms with E-state index in [4.69, 9.17) is 0 Å². The number of hydrogen-bond donors (Lipinski definition) is 1. The minimum Gasteiger partial charge on any atom is -0.364 e. The molecule has 1 fully saturated rings. The van der Waals surface area contributed by atoms with Crippen molar-refractivity contribution < 1.29 is 8.78 Å². The lowest BCUT2D eigenvalue weighted by molar-refractivity contribution is 0.606. The second kappa shape index (κ2) is 5.81. The molecule has 2 aliphatic rings. The summed E-state index contributed by atoms with van der Waals surface area (Å²) in [6, 6.07) is 11.8. The quantitative estimate of drug-likeness (QED) is 0.917. The smallest absolute Gasteiger partial charge is 0.125 e. The lowest BCUT2D eigenvalue weighted by Crippen LogP contribution is -2.45. The van der Waals surface area contributed by atoms with E-state index in [1.807, 2.05) is 6.07 Å². The molecular weight excluding hydrogens is 296 g/mol. The Morgan fingerprint density at radius 1 is 0.913 bits per heavy atom. The molecule has 2 heterocycles. The van der Waals surface area contributed by atoms with Crippen LogP contribution in [-0.4, -0.2) is 32.2 Å². The maximum absolute atomic E-state index is 13.8. The largest absolute Gasteiger partial charge is 0.364 e. The van der Waals surface area contributed by atoms with Crippen LogP contribution in [-0.2, 0) is 0 Å². The first-order valence-electron chi connectivity index (χ1n) is 8.02. The van der Waals surface area contributed by atoms with Crippen LogP contribution in [0.2, 0.25) is 0 Å². The average Bonchev–Trinajstić information content (AvgIpc) is 3.09. The zero-order valence-corrected chi connectivity index (χ0v) is 12.8. The SMILES string of the molecule is Fc1ccc(N2CCN([C@H]3CCNC3)c3ccc(F)cc32)cc1. The van der Waals surface area contributed by atoms with Gasteiger partial charge in [0.2, 0.25) is 0 Å². The topological polar surface area (TPSA) is 18.5 Å². The molecule has 2 aliphatic heterocycles. The van der Waals surface area contributed by atoms with Crippen molar-refractivity contribution >= 4 is 17.1 Å². The first kappa shape index (κ1) is 14.5. The Hall–Kier alpha value is -2.14. The molecule has 5 heteroatoms. The zero-order chi connectivity index (χ0) is 15.8. The number of nitrogens with zero attached hydrogens (tertiary/aromatic N) is 2. The standard InChI is InChI=1S/C18H19F2N3/c19-13-1-4-15(5-2-13)22-9-10-23(16-7-8-21-12-16)17-6-3-14(20)11-18(17)22/h1-6,11,16,21H,7-10,12H2/t16-/m0/s1. The van der Waals surface area contributed by atoms with Gasteiger partial charge >= 0.3 is 0 Å². The van der Waals surface area contributed by atoms with Crippen LogP contribution in [0.1, 0.15) is 6.42 Å². The van der Waals surface area contributed by atoms with E-state index >= 15 is 0 Å². The molecule has 2 aromatic carbocycles. The fourth-order valence-electron chi connectivity index (χ4n) is 3.58. The Morgan fingerprint density at radius 3 is 2.43 bits per heavy atom. The van der Waals surface area contributed by atoms with Crippen LogP contribution in [0, 0.1) is 11.6 Å². The summed E-state index contributed by atoms with van der Waals surface area (Å²) in [5.41, 5.74) is 2.80. The van der Waals surface area contributed by atoms with Crippen LogP contribution in [0.15, 0.2) is 42.5 Å². The summed E-state index contributed by atoms with van der Waals surface area (Å²) in [4.78, 5) is 4.44. The normalized spacial score (nSPS) is 20.7. The van der Waals surface area contributed by atoms with Gasteiger partial charge in [0.1, 0.15) is 11.6 Å². The van der Waals surface area contributed by atoms with Gasteiger partial charge in [0, 0.05) is 31.4 Å². The van der Waals surface area contributed by atoms with Crippen LogP contribution in [0.4, 0.5) is 25.8 Å². The Labute approximate surface area is 134 Å². The first-order valence-corrected chi connectivity index (χ1v) is 8.02. The Bertz CT molecular complexity index is 696. The van der Waals surface area contributed by atoms with Crippen molar-refractivity contribution in [1.29, 1.82) is 0 Å². The molecule has 0 radical (unpaired) electrons. The van der Waals surface area contributed by atoms with E-state index in [-0.39, 0.29) is 11.6 Å². The highest BCUT2D eigenvalue weighted by atomic mass is 19.1. The van der Waals surface area contributed by atoms with E-state index in [1.54, 1.807) is 18.2 Å². The van der Waals surface area contributed by atoms with Gasteiger partial charge in [0.15, 0.2) is 0 Å². The van der Waals surface area contributed by atoms with Gasteiger partial charge in [-0.3, -0.25) is 0 Å². The number of benzene rings is 2. The molecule has 3 nitrogen and oxygen atoms in total. The lowest BCUT2D eigenvalue weighted by atomic mass is 10.1. The Balaban J connectivity index is 1.74. The second-order valence-corrected chi connectivity index (χ2v) is 6.10. The molecule has 0 saturated carbocycles. The molecule has 4 rings (SSSR count). The number of anilines is 3. The summed E-state index contributed by atoms with van der Waals surface area (Å²) in [5.74, 6) is -0.508. The van der Waals surface area contributed by atoms with Crippen LogP contribution in [0.25, 0.3) is 0 Å². The monoisotopic (exact) mass is 315 g/mol. The van der Waals surface area contributed by atoms with E-state index in [0.717, 1.165) is 49.7 Å². The second-order valence-electron chi connectivity index (χ2n) is 6.10. The van der Waals surface area contributed by atoms with Gasteiger partial charge in [0.25, 0.3) is 0 Å². The van der Waals surface area contributed by atoms with Gasteiger partial charge in [0.05, 0.1) is 11.4 Å². The summed E-state index contributed by atoms with van der Waals surface area (Å²) in [7, 11) is 0. The molecule has 1 saturated heterocycles. The Kier molecular flexibility index (Phi) is 3.65. The lowest BCUT2D eigenvalue weighted by Gasteiger charge is -2.41. The highest BCUT2D eigenvalue weighted by Gasteiger charge is 2.30. The van der Waals surface area contributed by atoms with E-state index in [9.17, 15) is 8.78 Å². The predicted octanol–water partition coefficient (Wildman–Crippen LogP) is 3.28. The number of hydrogen-bond acceptors (Lipinski definition) is 3. The molecule has 0 spiro atoms. The summed E-state index contributed by atoms with van der Waals surface area (Å²) in [5, 5.41) is 3.39. The van der Waals surface area contributed by atoms with Crippen molar-refractivity contribution in [3.8, 4) is 0 Å². The summed E-state index contributed by atoms with van der Waals surface area (Å²) in [6.45, 7) is 3.63. The third kappa shape index (κ3) is 2.65. The number of halogens is 2. The number of fused-ring (bicyclic) bond motifs is 1. The van der Waals surface area contributed by atoms with Crippen LogP contribution in [0.5, 0.6) is 0 Å². The average molecular weight is 315 g/mol. The summed E-state index contributed by atoms with van der Waals surface area (Å²) >= 11 is 0. The van der Waals surface area contributed by atoms with Gasteiger partial charge in [-0.05, 0) is 55.4 Å². The molecule has 2 aromatic rings. The molecule has 0 unspecified atom stereocenters. The van der Waals surface area contributed by atoms with Crippen molar-refractivity contribution in [2.75, 3.05) is 36.0 Å². The van der Waals surface area contributed by atoms with Crippen LogP contribution in [0.3, 0.4) is 0 Å². The number of nitrogens with one attached hydrogen (secondary N) is 1. The van der Waals surface area contributed by atoms with Crippen molar-refractivity contribution in [1.82, 2.24) is 5.32 Å². The van der Waals surface area contributed by atoms with Crippen molar-refractivity contribution in [2.45, 2.75) is 12.5 Å². The molecule has 120 valence electrons. The Morgan fingerprint density at radius 2 is 1.70 bits per heavy atom. The van der Waals surface area contributed by atoms with Gasteiger partial charge in [-0.15, -0.1) is 0 Å². The van der Waals surface area contributed by atoms with Crippen molar-refractivity contribution in [3.63, 3.8) is 0 Å². The van der Waals surface area contributed by atoms with E-state index in [0.29, 0.717) is 6.04 Å². The molecule has 0 aromatic heterocycles. The minimum absolute atomic E-state index is 0.248. The zero-order valence-electron chi connectivity index (χ0n) is 12.8. The molecule has 0 bridgehead atoms. The molecule has 0 aliphatic carbocycles. The van der Waals surface area contributed by atoms with Gasteiger partial charge in [-0.2, -0.15) is 0 Å². The molecule has 1 atom stereocenters. The van der Waals surface area contributed by atoms with Crippen molar-refractivity contribution in [3.05, 3.63) is 54.1 Å². The van der Waals surface area contributed by atoms with Gasteiger partial charge in [-0.25, -0.2) is 8.78 Å². The highest BCUT2D eigenvalue weighted by molar-refractivity contribution is 5.79. The van der Waals surface area contributed by atoms with E-state index in [1.165, 1.54) is 18.2 Å². The maximum atomic E-state index is 13.8. The molecular formula is C18H19F2N3. The maximum Gasteiger partial charge on any atom is 0.125 e. The minimum atomic E-state index is -0.260. The fourth-order valence-corrected chi connectivity index (χ4v) is 3.58. The van der Waals surface area contributed by atoms with Gasteiger partial charge in [-0.1, -0.05) is 0 Å². The third-order valence-electron chi connectivity index (χ3n) is 4.72.